The van der Waals surface area contributed by atoms with Crippen LogP contribution in [0.25, 0.3) is 11.3 Å². The van der Waals surface area contributed by atoms with Crippen LogP contribution in [0.1, 0.15) is 6.92 Å². The number of aromatic nitrogens is 2. The summed E-state index contributed by atoms with van der Waals surface area (Å²) in [7, 11) is -3.50. The Labute approximate surface area is 190 Å². The van der Waals surface area contributed by atoms with Crippen molar-refractivity contribution in [2.45, 2.75) is 11.8 Å². The molecule has 0 spiro atoms. The van der Waals surface area contributed by atoms with Gasteiger partial charge in [-0.15, -0.1) is 10.2 Å². The highest BCUT2D eigenvalue weighted by atomic mass is 79.9. The van der Waals surface area contributed by atoms with Gasteiger partial charge in [0.25, 0.3) is 0 Å². The fourth-order valence-corrected chi connectivity index (χ4v) is 5.14. The molecule has 1 aliphatic rings. The summed E-state index contributed by atoms with van der Waals surface area (Å²) in [5, 5.41) is 8.72. The molecular formula is C22H23BrN4O3S. The minimum Gasteiger partial charge on any atom is -0.494 e. The Balaban J connectivity index is 1.40. The van der Waals surface area contributed by atoms with E-state index in [9.17, 15) is 8.42 Å². The molecule has 0 unspecified atom stereocenters. The summed E-state index contributed by atoms with van der Waals surface area (Å²) < 4.78 is 33.6. The summed E-state index contributed by atoms with van der Waals surface area (Å²) >= 11 is 3.34. The molecule has 0 aliphatic carbocycles. The third-order valence-corrected chi connectivity index (χ3v) is 7.57. The first kappa shape index (κ1) is 21.7. The average molecular weight is 503 g/mol. The summed E-state index contributed by atoms with van der Waals surface area (Å²) in [5.74, 6) is 1.57. The van der Waals surface area contributed by atoms with Crippen molar-refractivity contribution in [1.29, 1.82) is 0 Å². The second-order valence-corrected chi connectivity index (χ2v) is 9.93. The maximum atomic E-state index is 12.9. The molecule has 0 radical (unpaired) electrons. The zero-order chi connectivity index (χ0) is 21.8. The maximum Gasteiger partial charge on any atom is 0.243 e. The normalized spacial score (nSPS) is 15.1. The highest BCUT2D eigenvalue weighted by Crippen LogP contribution is 2.24. The quantitative estimate of drug-likeness (QED) is 0.509. The van der Waals surface area contributed by atoms with Crippen molar-refractivity contribution >= 4 is 31.8 Å². The molecule has 9 heteroatoms. The fourth-order valence-electron chi connectivity index (χ4n) is 3.45. The fraction of sp³-hybridized carbons (Fsp3) is 0.273. The number of anilines is 1. The van der Waals surface area contributed by atoms with E-state index in [-0.39, 0.29) is 0 Å². The molecule has 4 rings (SSSR count). The maximum absolute atomic E-state index is 12.9. The minimum atomic E-state index is -3.50. The third kappa shape index (κ3) is 4.89. The molecule has 1 aromatic heterocycles. The van der Waals surface area contributed by atoms with Gasteiger partial charge in [0, 0.05) is 36.2 Å². The second-order valence-electron chi connectivity index (χ2n) is 7.08. The van der Waals surface area contributed by atoms with E-state index < -0.39 is 10.0 Å². The van der Waals surface area contributed by atoms with Gasteiger partial charge in [0.05, 0.1) is 17.2 Å². The van der Waals surface area contributed by atoms with Crippen LogP contribution in [0.3, 0.4) is 0 Å². The third-order valence-electron chi connectivity index (χ3n) is 5.13. The predicted octanol–water partition coefficient (Wildman–Crippen LogP) is 3.82. The number of piperazine rings is 1. The molecule has 31 heavy (non-hydrogen) atoms. The van der Waals surface area contributed by atoms with Crippen LogP contribution in [0.5, 0.6) is 5.75 Å². The van der Waals surface area contributed by atoms with Gasteiger partial charge in [0.15, 0.2) is 5.82 Å². The van der Waals surface area contributed by atoms with E-state index in [0.717, 1.165) is 27.3 Å². The Bertz CT molecular complexity index is 1110. The molecule has 0 N–H and O–H groups in total. The molecule has 0 saturated carbocycles. The highest BCUT2D eigenvalue weighted by Gasteiger charge is 2.29. The van der Waals surface area contributed by atoms with E-state index >= 15 is 0 Å². The Hall–Kier alpha value is -2.49. The van der Waals surface area contributed by atoms with Gasteiger partial charge in [-0.25, -0.2) is 8.42 Å². The van der Waals surface area contributed by atoms with Crippen molar-refractivity contribution in [1.82, 2.24) is 14.5 Å². The van der Waals surface area contributed by atoms with Gasteiger partial charge in [-0.2, -0.15) is 4.31 Å². The van der Waals surface area contributed by atoms with Crippen molar-refractivity contribution in [2.75, 3.05) is 37.7 Å². The lowest BCUT2D eigenvalue weighted by Crippen LogP contribution is -2.48. The van der Waals surface area contributed by atoms with E-state index in [2.05, 4.69) is 31.0 Å². The zero-order valence-corrected chi connectivity index (χ0v) is 19.5. The number of hydrogen-bond acceptors (Lipinski definition) is 6. The van der Waals surface area contributed by atoms with Crippen LogP contribution < -0.4 is 9.64 Å². The molecule has 0 amide bonds. The van der Waals surface area contributed by atoms with Gasteiger partial charge < -0.3 is 9.64 Å². The average Bonchev–Trinajstić information content (AvgIpc) is 2.80. The molecule has 7 nitrogen and oxygen atoms in total. The number of rotatable bonds is 6. The monoisotopic (exact) mass is 502 g/mol. The Morgan fingerprint density at radius 2 is 1.58 bits per heavy atom. The Kier molecular flexibility index (Phi) is 6.54. The van der Waals surface area contributed by atoms with Crippen LogP contribution >= 0.6 is 15.9 Å². The van der Waals surface area contributed by atoms with Crippen molar-refractivity contribution in [2.24, 2.45) is 0 Å². The van der Waals surface area contributed by atoms with Crippen LogP contribution in [-0.4, -0.2) is 55.7 Å². The molecule has 0 bridgehead atoms. The van der Waals surface area contributed by atoms with E-state index in [4.69, 9.17) is 4.74 Å². The molecular weight excluding hydrogens is 480 g/mol. The first-order valence-electron chi connectivity index (χ1n) is 10.0. The lowest BCUT2D eigenvalue weighted by Gasteiger charge is -2.34. The van der Waals surface area contributed by atoms with Crippen molar-refractivity contribution < 1.29 is 13.2 Å². The molecule has 1 aliphatic heterocycles. The molecule has 162 valence electrons. The molecule has 1 fully saturated rings. The smallest absolute Gasteiger partial charge is 0.243 e. The van der Waals surface area contributed by atoms with Gasteiger partial charge in [-0.1, -0.05) is 15.9 Å². The van der Waals surface area contributed by atoms with Gasteiger partial charge in [0.1, 0.15) is 5.75 Å². The topological polar surface area (TPSA) is 75.6 Å². The number of ether oxygens (including phenoxy) is 1. The number of nitrogens with zero attached hydrogens (tertiary/aromatic N) is 4. The van der Waals surface area contributed by atoms with Gasteiger partial charge in [0.2, 0.25) is 10.0 Å². The first-order valence-corrected chi connectivity index (χ1v) is 12.3. The van der Waals surface area contributed by atoms with Crippen molar-refractivity contribution in [3.8, 4) is 17.0 Å². The van der Waals surface area contributed by atoms with Crippen LogP contribution in [0.2, 0.25) is 0 Å². The van der Waals surface area contributed by atoms with Gasteiger partial charge in [-0.05, 0) is 67.6 Å². The molecule has 1 saturated heterocycles. The van der Waals surface area contributed by atoms with E-state index in [1.807, 2.05) is 43.3 Å². The number of benzene rings is 2. The lowest BCUT2D eigenvalue weighted by atomic mass is 10.1. The largest absolute Gasteiger partial charge is 0.494 e. The van der Waals surface area contributed by atoms with Crippen LogP contribution in [-0.2, 0) is 10.0 Å². The first-order chi connectivity index (χ1) is 15.0. The summed E-state index contributed by atoms with van der Waals surface area (Å²) in [6, 6.07) is 18.3. The van der Waals surface area contributed by atoms with Crippen LogP contribution in [0, 0.1) is 0 Å². The van der Waals surface area contributed by atoms with E-state index in [0.29, 0.717) is 37.7 Å². The molecule has 2 aromatic carbocycles. The van der Waals surface area contributed by atoms with Crippen LogP contribution in [0.4, 0.5) is 5.82 Å². The van der Waals surface area contributed by atoms with E-state index in [1.54, 1.807) is 24.3 Å². The summed E-state index contributed by atoms with van der Waals surface area (Å²) in [6.07, 6.45) is 0. The minimum absolute atomic E-state index is 0.309. The summed E-state index contributed by atoms with van der Waals surface area (Å²) in [4.78, 5) is 2.37. The van der Waals surface area contributed by atoms with Crippen molar-refractivity contribution in [3.05, 3.63) is 65.1 Å². The molecule has 0 atom stereocenters. The number of hydrogen-bond donors (Lipinski definition) is 0. The standard InChI is InChI=1S/C22H23BrN4O3S/c1-2-30-19-7-3-17(4-8-19)21-11-12-22(25-24-21)26-13-15-27(16-14-26)31(28,29)20-9-5-18(23)6-10-20/h3-12H,2,13-16H2,1H3. The Morgan fingerprint density at radius 3 is 2.16 bits per heavy atom. The zero-order valence-electron chi connectivity index (χ0n) is 17.1. The number of halogens is 1. The van der Waals surface area contributed by atoms with Crippen LogP contribution in [0.15, 0.2) is 70.0 Å². The summed E-state index contributed by atoms with van der Waals surface area (Å²) in [5.41, 5.74) is 1.75. The van der Waals surface area contributed by atoms with E-state index in [1.165, 1.54) is 4.31 Å². The SMILES string of the molecule is CCOc1ccc(-c2ccc(N3CCN(S(=O)(=O)c4ccc(Br)cc4)CC3)nn2)cc1. The Morgan fingerprint density at radius 1 is 0.903 bits per heavy atom. The van der Waals surface area contributed by atoms with Gasteiger partial charge in [-0.3, -0.25) is 0 Å². The van der Waals surface area contributed by atoms with Gasteiger partial charge >= 0.3 is 0 Å². The number of sulfonamides is 1. The highest BCUT2D eigenvalue weighted by molar-refractivity contribution is 9.10. The summed E-state index contributed by atoms with van der Waals surface area (Å²) in [6.45, 7) is 4.51. The second kappa shape index (κ2) is 9.33. The molecule has 3 aromatic rings. The molecule has 2 heterocycles. The lowest BCUT2D eigenvalue weighted by molar-refractivity contribution is 0.340. The predicted molar refractivity (Wildman–Crippen MR) is 124 cm³/mol. The van der Waals surface area contributed by atoms with Crippen molar-refractivity contribution in [3.63, 3.8) is 0 Å².